The Bertz CT molecular complexity index is 834. The Labute approximate surface area is 144 Å². The zero-order valence-corrected chi connectivity index (χ0v) is 14.2. The van der Waals surface area contributed by atoms with E-state index in [4.69, 9.17) is 15.2 Å². The van der Waals surface area contributed by atoms with Crippen LogP contribution in [0.2, 0.25) is 0 Å². The molecule has 0 bridgehead atoms. The van der Waals surface area contributed by atoms with Gasteiger partial charge in [-0.1, -0.05) is 30.8 Å². The van der Waals surface area contributed by atoms with Gasteiger partial charge in [0.15, 0.2) is 10.8 Å². The highest BCUT2D eigenvalue weighted by atomic mass is 32.2. The summed E-state index contributed by atoms with van der Waals surface area (Å²) in [5.74, 6) is 1.80. The highest BCUT2D eigenvalue weighted by Gasteiger charge is 3.02. The van der Waals surface area contributed by atoms with Crippen molar-refractivity contribution >= 4 is 17.6 Å². The normalized spacial score (nSPS) is 42.1. The number of nitrogens with one attached hydrogen (secondary N) is 1. The lowest BCUT2D eigenvalue weighted by Crippen LogP contribution is -2.88. The minimum absolute atomic E-state index is 0.319. The van der Waals surface area contributed by atoms with E-state index < -0.39 is 21.3 Å². The average Bonchev–Trinajstić information content (AvgIpc) is 2.88. The second-order valence-corrected chi connectivity index (χ2v) is 7.70. The lowest BCUT2D eigenvalue weighted by atomic mass is 9.85. The summed E-state index contributed by atoms with van der Waals surface area (Å²) in [4.78, 5) is 3.13. The zero-order chi connectivity index (χ0) is 17.2. The van der Waals surface area contributed by atoms with Crippen molar-refractivity contribution in [1.82, 2.24) is 0 Å². The van der Waals surface area contributed by atoms with Gasteiger partial charge < -0.3 is 9.47 Å². The molecule has 1 aromatic rings. The molecule has 3 N–H and O–H groups in total. The van der Waals surface area contributed by atoms with Crippen LogP contribution in [0.3, 0.4) is 0 Å². The quantitative estimate of drug-likeness (QED) is 0.775. The van der Waals surface area contributed by atoms with Crippen LogP contribution in [-0.2, 0) is 10.2 Å². The first-order chi connectivity index (χ1) is 11.5. The monoisotopic (exact) mass is 341 g/mol. The van der Waals surface area contributed by atoms with E-state index in [1.807, 2.05) is 31.2 Å². The molecule has 1 aromatic carbocycles. The Balaban J connectivity index is 1.95. The Morgan fingerprint density at radius 1 is 1.29 bits per heavy atom. The molecule has 4 atom stereocenters. The second-order valence-electron chi connectivity index (χ2n) is 6.43. The number of nitriles is 2. The van der Waals surface area contributed by atoms with E-state index in [9.17, 15) is 10.5 Å². The van der Waals surface area contributed by atoms with E-state index >= 15 is 0 Å². The molecule has 122 valence electrons. The summed E-state index contributed by atoms with van der Waals surface area (Å²) >= 11 is 1.52. The number of hydrogen-bond donors (Lipinski definition) is 2. The molecule has 0 amide bonds. The van der Waals surface area contributed by atoms with Gasteiger partial charge in [-0.05, 0) is 17.7 Å². The number of nitrogens with zero attached hydrogens (tertiary/aromatic N) is 2. The smallest absolute Gasteiger partial charge is 0.278 e. The van der Waals surface area contributed by atoms with E-state index in [1.165, 1.54) is 11.8 Å². The Morgan fingerprint density at radius 2 is 2.00 bits per heavy atom. The molecule has 0 unspecified atom stereocenters. The molecule has 24 heavy (non-hydrogen) atoms. The predicted molar refractivity (Wildman–Crippen MR) is 87.7 cm³/mol. The molecule has 2 fully saturated rings. The van der Waals surface area contributed by atoms with Crippen LogP contribution < -0.4 is 15.5 Å². The Morgan fingerprint density at radius 3 is 2.50 bits per heavy atom. The predicted octanol–water partition coefficient (Wildman–Crippen LogP) is -0.145. The molecule has 7 heteroatoms. The number of amidine groups is 1. The van der Waals surface area contributed by atoms with Crippen molar-refractivity contribution in [2.45, 2.75) is 17.4 Å². The number of benzene rings is 1. The maximum absolute atomic E-state index is 10.2. The van der Waals surface area contributed by atoms with Crippen LogP contribution in [0, 0.1) is 33.5 Å². The molecule has 2 aliphatic heterocycles. The molecule has 0 aromatic heterocycles. The van der Waals surface area contributed by atoms with Gasteiger partial charge in [0.2, 0.25) is 0 Å². The third-order valence-corrected chi connectivity index (χ3v) is 7.20. The maximum Gasteiger partial charge on any atom is 0.278 e. The molecule has 0 radical (unpaired) electrons. The number of nitrogens with two attached hydrogens (primary N) is 1. The standard InChI is InChI=1S/C17H16N4O2S/c1-14(11-3-5-12(22-2)6-4-11)15(9-18)13(20)21-17(16(14,15)10-19)23-7-8-24-17/h3-6H,7-8H2,1-2H3,(H2,20,21)/p+1/t14-,15-,16+,17+/m0/s1. The summed E-state index contributed by atoms with van der Waals surface area (Å²) in [5, 5.41) is 19.2. The molecule has 1 saturated carbocycles. The first kappa shape index (κ1) is 15.3. The molecule has 1 spiro atoms. The van der Waals surface area contributed by atoms with E-state index in [2.05, 4.69) is 17.1 Å². The van der Waals surface area contributed by atoms with Crippen LogP contribution in [0.25, 0.3) is 0 Å². The van der Waals surface area contributed by atoms with Crippen molar-refractivity contribution in [2.24, 2.45) is 16.6 Å². The second kappa shape index (κ2) is 4.44. The largest absolute Gasteiger partial charge is 0.497 e. The molecule has 2 heterocycles. The fraction of sp³-hybridized carbons (Fsp3) is 0.471. The first-order valence-electron chi connectivity index (χ1n) is 7.66. The fourth-order valence-electron chi connectivity index (χ4n) is 4.71. The molecular weight excluding hydrogens is 324 g/mol. The van der Waals surface area contributed by atoms with Crippen LogP contribution in [0.4, 0.5) is 0 Å². The number of rotatable bonds is 2. The van der Waals surface area contributed by atoms with Crippen molar-refractivity contribution in [3.63, 3.8) is 0 Å². The molecule has 1 saturated heterocycles. The van der Waals surface area contributed by atoms with Crippen LogP contribution in [0.5, 0.6) is 5.75 Å². The van der Waals surface area contributed by atoms with Crippen molar-refractivity contribution in [3.05, 3.63) is 29.8 Å². The summed E-state index contributed by atoms with van der Waals surface area (Å²) < 4.78 is 11.2. The SMILES string of the molecule is COc1ccc([C@@]2(C)[C@]3(C#N)C(N)=[NH+][C@@]4(OCCS4)[C@@]32C#N)cc1. The molecular formula is C17H17N4O2S+. The van der Waals surface area contributed by atoms with Crippen molar-refractivity contribution in [3.8, 4) is 17.9 Å². The zero-order valence-electron chi connectivity index (χ0n) is 13.4. The van der Waals surface area contributed by atoms with Gasteiger partial charge in [0, 0.05) is 5.75 Å². The Kier molecular flexibility index (Phi) is 2.83. The van der Waals surface area contributed by atoms with E-state index in [0.29, 0.717) is 12.4 Å². The van der Waals surface area contributed by atoms with E-state index in [1.54, 1.807) is 7.11 Å². The summed E-state index contributed by atoms with van der Waals surface area (Å²) in [6.07, 6.45) is 0. The van der Waals surface area contributed by atoms with Gasteiger partial charge in [0.05, 0.1) is 31.3 Å². The van der Waals surface area contributed by atoms with Crippen LogP contribution in [0.15, 0.2) is 24.3 Å². The molecule has 1 aliphatic carbocycles. The van der Waals surface area contributed by atoms with Gasteiger partial charge >= 0.3 is 0 Å². The minimum atomic E-state index is -1.12. The van der Waals surface area contributed by atoms with E-state index in [-0.39, 0.29) is 0 Å². The molecule has 6 nitrogen and oxygen atoms in total. The summed E-state index contributed by atoms with van der Waals surface area (Å²) in [6.45, 7) is 2.45. The van der Waals surface area contributed by atoms with Gasteiger partial charge in [-0.25, -0.2) is 4.99 Å². The minimum Gasteiger partial charge on any atom is -0.497 e. The van der Waals surface area contributed by atoms with Gasteiger partial charge in [-0.15, -0.1) is 0 Å². The highest BCUT2D eigenvalue weighted by Crippen LogP contribution is 2.83. The average molecular weight is 341 g/mol. The number of hydrogen-bond acceptors (Lipinski definition) is 6. The number of fused-ring (bicyclic) bond motifs is 2. The van der Waals surface area contributed by atoms with Crippen molar-refractivity contribution in [2.75, 3.05) is 19.5 Å². The first-order valence-corrected chi connectivity index (χ1v) is 8.64. The Hall–Kier alpha value is -2.22. The van der Waals surface area contributed by atoms with Crippen molar-refractivity contribution in [1.29, 1.82) is 10.5 Å². The lowest BCUT2D eigenvalue weighted by Gasteiger charge is -2.27. The summed E-state index contributed by atoms with van der Waals surface area (Å²) in [5.41, 5.74) is 4.18. The number of methoxy groups -OCH3 is 1. The van der Waals surface area contributed by atoms with Crippen molar-refractivity contribution < 1.29 is 14.5 Å². The van der Waals surface area contributed by atoms with Gasteiger partial charge in [-0.2, -0.15) is 10.5 Å². The summed E-state index contributed by atoms with van der Waals surface area (Å²) in [6, 6.07) is 12.2. The van der Waals surface area contributed by atoms with Crippen LogP contribution in [0.1, 0.15) is 12.5 Å². The molecule has 4 rings (SSSR count). The maximum atomic E-state index is 10.2. The van der Waals surface area contributed by atoms with Gasteiger partial charge in [0.25, 0.3) is 10.9 Å². The number of thioether (sulfide) groups is 1. The fourth-order valence-corrected chi connectivity index (χ4v) is 6.14. The molecule has 3 aliphatic rings. The third kappa shape index (κ3) is 1.21. The van der Waals surface area contributed by atoms with E-state index in [0.717, 1.165) is 17.1 Å². The van der Waals surface area contributed by atoms with Crippen LogP contribution in [-0.4, -0.2) is 30.4 Å². The van der Waals surface area contributed by atoms with Gasteiger partial charge in [0.1, 0.15) is 5.75 Å². The summed E-state index contributed by atoms with van der Waals surface area (Å²) in [7, 11) is 1.60. The lowest BCUT2D eigenvalue weighted by molar-refractivity contribution is -0.584. The number of ether oxygens (including phenoxy) is 2. The third-order valence-electron chi connectivity index (χ3n) is 5.89. The van der Waals surface area contributed by atoms with Gasteiger partial charge in [-0.3, -0.25) is 5.73 Å². The van der Waals surface area contributed by atoms with Crippen LogP contribution >= 0.6 is 11.8 Å². The topological polar surface area (TPSA) is 106 Å². The highest BCUT2D eigenvalue weighted by molar-refractivity contribution is 8.00.